The number of methoxy groups -OCH3 is 1. The first-order valence-electron chi connectivity index (χ1n) is 10.7. The van der Waals surface area contributed by atoms with Crippen LogP contribution in [0.4, 0.5) is 13.2 Å². The fourth-order valence-corrected chi connectivity index (χ4v) is 4.17. The zero-order valence-electron chi connectivity index (χ0n) is 18.7. The largest absolute Gasteiger partial charge is 0.522 e. The van der Waals surface area contributed by atoms with Crippen LogP contribution < -0.4 is 9.47 Å². The van der Waals surface area contributed by atoms with Crippen molar-refractivity contribution in [2.45, 2.75) is 24.5 Å². The lowest BCUT2D eigenvalue weighted by Crippen LogP contribution is -2.53. The second-order valence-corrected chi connectivity index (χ2v) is 7.84. The van der Waals surface area contributed by atoms with Crippen LogP contribution in [0.5, 0.6) is 11.5 Å². The quantitative estimate of drug-likeness (QED) is 0.543. The Kier molecular flexibility index (Phi) is 7.11. The van der Waals surface area contributed by atoms with Crippen molar-refractivity contribution in [2.75, 3.05) is 40.2 Å². The van der Waals surface area contributed by atoms with Gasteiger partial charge in [0, 0.05) is 18.5 Å². The molecule has 1 amide bonds. The first-order valence-corrected chi connectivity index (χ1v) is 10.7. The van der Waals surface area contributed by atoms with Gasteiger partial charge in [-0.15, -0.1) is 13.2 Å². The molecule has 4 rings (SSSR count). The first-order chi connectivity index (χ1) is 16.8. The van der Waals surface area contributed by atoms with E-state index in [1.54, 1.807) is 23.1 Å². The molecule has 2 aliphatic rings. The number of hydrogen-bond acceptors (Lipinski definition) is 8. The molecule has 0 bridgehead atoms. The maximum atomic E-state index is 13.2. The van der Waals surface area contributed by atoms with Crippen LogP contribution in [0.3, 0.4) is 0 Å². The topological polar surface area (TPSA) is 103 Å². The van der Waals surface area contributed by atoms with Crippen molar-refractivity contribution in [3.05, 3.63) is 53.3 Å². The molecule has 35 heavy (non-hydrogen) atoms. The van der Waals surface area contributed by atoms with Gasteiger partial charge in [0.2, 0.25) is 0 Å². The van der Waals surface area contributed by atoms with E-state index in [0.717, 1.165) is 0 Å². The summed E-state index contributed by atoms with van der Waals surface area (Å²) in [4.78, 5) is 19.2. The Morgan fingerprint density at radius 1 is 1.29 bits per heavy atom. The highest BCUT2D eigenvalue weighted by atomic mass is 19.4. The molecule has 2 unspecified atom stereocenters. The third kappa shape index (κ3) is 5.32. The Bertz CT molecular complexity index is 1120. The van der Waals surface area contributed by atoms with Gasteiger partial charge in [0.15, 0.2) is 11.5 Å². The zero-order valence-corrected chi connectivity index (χ0v) is 18.7. The Labute approximate surface area is 198 Å². The molecular formula is C23H22F3N3O6. The molecule has 2 aromatic rings. The molecule has 0 radical (unpaired) electrons. The molecule has 2 atom stereocenters. The third-order valence-electron chi connectivity index (χ3n) is 5.85. The summed E-state index contributed by atoms with van der Waals surface area (Å²) in [5.74, 6) is 0.105. The SMILES string of the molecule is COc1cc(C(=O)N2CCC3(c4cccc(C#N)n4)OCOC3C2)ccc1OCCOC(F)(F)F. The predicted molar refractivity (Wildman–Crippen MR) is 112 cm³/mol. The summed E-state index contributed by atoms with van der Waals surface area (Å²) >= 11 is 0. The van der Waals surface area contributed by atoms with Crippen molar-refractivity contribution in [3.63, 3.8) is 0 Å². The van der Waals surface area contributed by atoms with Crippen LogP contribution in [0.2, 0.25) is 0 Å². The van der Waals surface area contributed by atoms with Crippen molar-refractivity contribution in [1.82, 2.24) is 9.88 Å². The average molecular weight is 493 g/mol. The van der Waals surface area contributed by atoms with Gasteiger partial charge in [0.25, 0.3) is 5.91 Å². The molecule has 2 saturated heterocycles. The maximum Gasteiger partial charge on any atom is 0.522 e. The molecule has 3 heterocycles. The van der Waals surface area contributed by atoms with Crippen LogP contribution in [-0.2, 0) is 19.8 Å². The number of benzene rings is 1. The van der Waals surface area contributed by atoms with Crippen molar-refractivity contribution < 1.29 is 41.7 Å². The molecule has 1 aromatic heterocycles. The van der Waals surface area contributed by atoms with E-state index < -0.39 is 24.7 Å². The van der Waals surface area contributed by atoms with E-state index in [4.69, 9.17) is 18.9 Å². The number of fused-ring (bicyclic) bond motifs is 1. The number of nitriles is 1. The molecule has 2 aliphatic heterocycles. The van der Waals surface area contributed by atoms with Crippen molar-refractivity contribution in [3.8, 4) is 17.6 Å². The molecule has 0 N–H and O–H groups in total. The molecule has 12 heteroatoms. The highest BCUT2D eigenvalue weighted by Crippen LogP contribution is 2.42. The fraction of sp³-hybridized carbons (Fsp3) is 0.435. The molecule has 0 spiro atoms. The Hall–Kier alpha value is -3.40. The number of amides is 1. The zero-order chi connectivity index (χ0) is 25.1. The summed E-state index contributed by atoms with van der Waals surface area (Å²) in [6.45, 7) is -0.391. The standard InChI is InChI=1S/C23H22F3N3O6/c1-31-18-11-15(5-6-17(18)32-9-10-34-23(24,25)26)21(30)29-8-7-22(20(13-29)33-14-35-22)19-4-2-3-16(12-27)28-19/h2-6,11,20H,7-10,13-14H2,1H3. The molecule has 0 aliphatic carbocycles. The summed E-state index contributed by atoms with van der Waals surface area (Å²) in [6, 6.07) is 11.6. The lowest BCUT2D eigenvalue weighted by Gasteiger charge is -2.41. The smallest absolute Gasteiger partial charge is 0.493 e. The predicted octanol–water partition coefficient (Wildman–Crippen LogP) is 2.99. The van der Waals surface area contributed by atoms with E-state index in [1.165, 1.54) is 25.3 Å². The summed E-state index contributed by atoms with van der Waals surface area (Å²) in [7, 11) is 1.37. The van der Waals surface area contributed by atoms with E-state index >= 15 is 0 Å². The first kappa shape index (κ1) is 24.7. The number of pyridine rings is 1. The average Bonchev–Trinajstić information content (AvgIpc) is 3.30. The van der Waals surface area contributed by atoms with Gasteiger partial charge >= 0.3 is 6.36 Å². The van der Waals surface area contributed by atoms with Gasteiger partial charge in [-0.2, -0.15) is 5.26 Å². The van der Waals surface area contributed by atoms with Crippen LogP contribution in [0.15, 0.2) is 36.4 Å². The molecule has 2 fully saturated rings. The third-order valence-corrected chi connectivity index (χ3v) is 5.85. The summed E-state index contributed by atoms with van der Waals surface area (Å²) in [5.41, 5.74) is 0.321. The number of likely N-dealkylation sites (tertiary alicyclic amines) is 1. The Morgan fingerprint density at radius 3 is 2.86 bits per heavy atom. The van der Waals surface area contributed by atoms with Crippen LogP contribution in [0.1, 0.15) is 28.2 Å². The van der Waals surface area contributed by atoms with E-state index in [9.17, 15) is 23.2 Å². The van der Waals surface area contributed by atoms with Crippen molar-refractivity contribution in [2.24, 2.45) is 0 Å². The lowest BCUT2D eigenvalue weighted by molar-refractivity contribution is -0.325. The molecule has 0 saturated carbocycles. The summed E-state index contributed by atoms with van der Waals surface area (Å²) < 4.78 is 62.2. The van der Waals surface area contributed by atoms with Gasteiger partial charge in [-0.05, 0) is 30.3 Å². The van der Waals surface area contributed by atoms with Crippen LogP contribution >= 0.6 is 0 Å². The number of ether oxygens (including phenoxy) is 5. The minimum absolute atomic E-state index is 0.0447. The van der Waals surface area contributed by atoms with E-state index in [-0.39, 0.29) is 43.0 Å². The number of aromatic nitrogens is 1. The number of rotatable bonds is 7. The molecule has 186 valence electrons. The monoisotopic (exact) mass is 493 g/mol. The number of hydrogen-bond donors (Lipinski definition) is 0. The van der Waals surface area contributed by atoms with E-state index in [2.05, 4.69) is 9.72 Å². The van der Waals surface area contributed by atoms with Crippen LogP contribution in [0, 0.1) is 11.3 Å². The Morgan fingerprint density at radius 2 is 2.11 bits per heavy atom. The highest BCUT2D eigenvalue weighted by molar-refractivity contribution is 5.95. The Balaban J connectivity index is 1.44. The summed E-state index contributed by atoms with van der Waals surface area (Å²) in [6.07, 6.45) is -4.79. The second-order valence-electron chi connectivity index (χ2n) is 7.84. The van der Waals surface area contributed by atoms with Crippen molar-refractivity contribution in [1.29, 1.82) is 5.26 Å². The van der Waals surface area contributed by atoms with Gasteiger partial charge in [-0.3, -0.25) is 9.53 Å². The maximum absolute atomic E-state index is 13.2. The minimum Gasteiger partial charge on any atom is -0.493 e. The van der Waals surface area contributed by atoms with E-state index in [1.807, 2.05) is 6.07 Å². The van der Waals surface area contributed by atoms with Crippen LogP contribution in [0.25, 0.3) is 0 Å². The summed E-state index contributed by atoms with van der Waals surface area (Å²) in [5, 5.41) is 9.19. The van der Waals surface area contributed by atoms with Gasteiger partial charge in [0.1, 0.15) is 36.9 Å². The number of nitrogens with zero attached hydrogens (tertiary/aromatic N) is 3. The van der Waals surface area contributed by atoms with Crippen LogP contribution in [-0.4, -0.2) is 68.5 Å². The normalized spacial score (nSPS) is 21.8. The van der Waals surface area contributed by atoms with Gasteiger partial charge in [-0.25, -0.2) is 4.98 Å². The van der Waals surface area contributed by atoms with E-state index in [0.29, 0.717) is 24.2 Å². The number of halogens is 3. The van der Waals surface area contributed by atoms with Gasteiger partial charge < -0.3 is 23.8 Å². The lowest BCUT2D eigenvalue weighted by atomic mass is 9.84. The molecular weight excluding hydrogens is 471 g/mol. The second kappa shape index (κ2) is 10.1. The number of carbonyl (C=O) groups excluding carboxylic acids is 1. The van der Waals surface area contributed by atoms with Gasteiger partial charge in [0.05, 0.1) is 26.0 Å². The fourth-order valence-electron chi connectivity index (χ4n) is 4.17. The number of carbonyl (C=O) groups is 1. The molecule has 1 aromatic carbocycles. The number of alkyl halides is 3. The minimum atomic E-state index is -4.74. The van der Waals surface area contributed by atoms with Gasteiger partial charge in [-0.1, -0.05) is 6.07 Å². The molecule has 9 nitrogen and oxygen atoms in total. The highest BCUT2D eigenvalue weighted by Gasteiger charge is 2.52. The van der Waals surface area contributed by atoms with Crippen molar-refractivity contribution >= 4 is 5.91 Å². The number of piperidine rings is 1.